The molecule has 1 unspecified atom stereocenters. The molecule has 3 rings (SSSR count). The van der Waals surface area contributed by atoms with E-state index in [1.54, 1.807) is 0 Å². The SMILES string of the molecule is O=C1CC(c2ccc(F)cc2)C([N+](=O)[O-])=C2NCCN12. The summed E-state index contributed by atoms with van der Waals surface area (Å²) in [5, 5.41) is 14.3. The molecule has 1 aromatic rings. The fourth-order valence-electron chi connectivity index (χ4n) is 2.70. The van der Waals surface area contributed by atoms with Crippen LogP contribution in [-0.2, 0) is 4.79 Å². The number of amides is 1. The zero-order chi connectivity index (χ0) is 14.3. The molecule has 1 saturated heterocycles. The normalized spacial score (nSPS) is 21.8. The summed E-state index contributed by atoms with van der Waals surface area (Å²) in [4.78, 5) is 24.4. The van der Waals surface area contributed by atoms with E-state index in [1.807, 2.05) is 0 Å². The number of fused-ring (bicyclic) bond motifs is 1. The first-order chi connectivity index (χ1) is 9.58. The molecule has 20 heavy (non-hydrogen) atoms. The molecule has 1 amide bonds. The van der Waals surface area contributed by atoms with Gasteiger partial charge in [0.25, 0.3) is 5.70 Å². The predicted octanol–water partition coefficient (Wildman–Crippen LogP) is 1.19. The minimum absolute atomic E-state index is 0.0197. The zero-order valence-corrected chi connectivity index (χ0v) is 10.5. The Morgan fingerprint density at radius 1 is 1.35 bits per heavy atom. The lowest BCUT2D eigenvalue weighted by Gasteiger charge is -2.26. The van der Waals surface area contributed by atoms with Crippen LogP contribution in [0.1, 0.15) is 17.9 Å². The van der Waals surface area contributed by atoms with Gasteiger partial charge >= 0.3 is 0 Å². The van der Waals surface area contributed by atoms with Gasteiger partial charge in [0, 0.05) is 19.5 Å². The van der Waals surface area contributed by atoms with Gasteiger partial charge in [0.2, 0.25) is 5.91 Å². The summed E-state index contributed by atoms with van der Waals surface area (Å²) in [6.45, 7) is 0.955. The lowest BCUT2D eigenvalue weighted by Crippen LogP contribution is -2.37. The van der Waals surface area contributed by atoms with Crippen molar-refractivity contribution < 1.29 is 14.1 Å². The first-order valence-corrected chi connectivity index (χ1v) is 6.26. The molecule has 6 nitrogen and oxygen atoms in total. The van der Waals surface area contributed by atoms with E-state index in [1.165, 1.54) is 29.2 Å². The molecule has 0 aliphatic carbocycles. The summed E-state index contributed by atoms with van der Waals surface area (Å²) in [6, 6.07) is 5.47. The van der Waals surface area contributed by atoms with Gasteiger partial charge in [0.15, 0.2) is 5.82 Å². The van der Waals surface area contributed by atoms with Gasteiger partial charge < -0.3 is 5.32 Å². The van der Waals surface area contributed by atoms with Crippen LogP contribution in [0, 0.1) is 15.9 Å². The van der Waals surface area contributed by atoms with Gasteiger partial charge in [-0.25, -0.2) is 4.39 Å². The summed E-state index contributed by atoms with van der Waals surface area (Å²) in [6.07, 6.45) is 0.0348. The first kappa shape index (κ1) is 12.6. The molecule has 0 bridgehead atoms. The van der Waals surface area contributed by atoms with Crippen LogP contribution in [0.25, 0.3) is 0 Å². The summed E-state index contributed by atoms with van der Waals surface area (Å²) >= 11 is 0. The van der Waals surface area contributed by atoms with Crippen molar-refractivity contribution in [3.8, 4) is 0 Å². The highest BCUT2D eigenvalue weighted by molar-refractivity contribution is 5.81. The van der Waals surface area contributed by atoms with E-state index in [4.69, 9.17) is 0 Å². The maximum Gasteiger partial charge on any atom is 0.294 e. The van der Waals surface area contributed by atoms with E-state index in [0.717, 1.165) is 0 Å². The number of hydrogen-bond acceptors (Lipinski definition) is 4. The highest BCUT2D eigenvalue weighted by atomic mass is 19.1. The predicted molar refractivity (Wildman–Crippen MR) is 67.5 cm³/mol. The van der Waals surface area contributed by atoms with E-state index < -0.39 is 16.7 Å². The Morgan fingerprint density at radius 3 is 2.70 bits per heavy atom. The van der Waals surface area contributed by atoms with Crippen LogP contribution >= 0.6 is 0 Å². The maximum absolute atomic E-state index is 13.0. The summed E-state index contributed by atoms with van der Waals surface area (Å²) in [5.74, 6) is -0.924. The van der Waals surface area contributed by atoms with E-state index in [0.29, 0.717) is 18.7 Å². The van der Waals surface area contributed by atoms with Gasteiger partial charge in [0.1, 0.15) is 5.82 Å². The monoisotopic (exact) mass is 277 g/mol. The number of rotatable bonds is 2. The molecular formula is C13H12FN3O3. The van der Waals surface area contributed by atoms with Crippen LogP contribution in [0.2, 0.25) is 0 Å². The van der Waals surface area contributed by atoms with Crippen LogP contribution in [0.4, 0.5) is 4.39 Å². The Morgan fingerprint density at radius 2 is 2.05 bits per heavy atom. The fraction of sp³-hybridized carbons (Fsp3) is 0.308. The average molecular weight is 277 g/mol. The van der Waals surface area contributed by atoms with Gasteiger partial charge in [-0.1, -0.05) is 12.1 Å². The van der Waals surface area contributed by atoms with Crippen molar-refractivity contribution >= 4 is 5.91 Å². The van der Waals surface area contributed by atoms with Gasteiger partial charge in [-0.05, 0) is 17.7 Å². The molecule has 1 fully saturated rings. The second kappa shape index (κ2) is 4.59. The van der Waals surface area contributed by atoms with Crippen LogP contribution in [-0.4, -0.2) is 28.8 Å². The molecule has 104 valence electrons. The first-order valence-electron chi connectivity index (χ1n) is 6.26. The van der Waals surface area contributed by atoms with Gasteiger partial charge in [-0.15, -0.1) is 0 Å². The minimum atomic E-state index is -0.644. The molecule has 0 spiro atoms. The van der Waals surface area contributed by atoms with Gasteiger partial charge in [0.05, 0.1) is 10.8 Å². The molecule has 2 heterocycles. The number of nitrogens with one attached hydrogen (secondary N) is 1. The van der Waals surface area contributed by atoms with E-state index in [2.05, 4.69) is 5.32 Å². The number of allylic oxidation sites excluding steroid dienone is 1. The number of hydrogen-bond donors (Lipinski definition) is 1. The highest BCUT2D eigenvalue weighted by Gasteiger charge is 2.43. The van der Waals surface area contributed by atoms with Gasteiger partial charge in [-0.2, -0.15) is 0 Å². The number of benzene rings is 1. The van der Waals surface area contributed by atoms with Crippen molar-refractivity contribution in [2.45, 2.75) is 12.3 Å². The molecule has 0 radical (unpaired) electrons. The molecule has 2 aliphatic heterocycles. The summed E-state index contributed by atoms with van der Waals surface area (Å²) in [5.41, 5.74) is 0.556. The lowest BCUT2D eigenvalue weighted by atomic mass is 9.89. The Hall–Kier alpha value is -2.44. The Kier molecular flexibility index (Phi) is 2.89. The zero-order valence-electron chi connectivity index (χ0n) is 10.5. The molecule has 1 N–H and O–H groups in total. The molecular weight excluding hydrogens is 265 g/mol. The smallest absolute Gasteiger partial charge is 0.294 e. The molecule has 1 atom stereocenters. The van der Waals surface area contributed by atoms with Crippen LogP contribution in [0.15, 0.2) is 35.8 Å². The Labute approximate surface area is 114 Å². The number of carbonyl (C=O) groups excluding carboxylic acids is 1. The van der Waals surface area contributed by atoms with E-state index in [9.17, 15) is 19.3 Å². The molecule has 7 heteroatoms. The third-order valence-electron chi connectivity index (χ3n) is 3.62. The summed E-state index contributed by atoms with van der Waals surface area (Å²) < 4.78 is 13.0. The Bertz CT molecular complexity index is 612. The van der Waals surface area contributed by atoms with Crippen LogP contribution < -0.4 is 5.32 Å². The van der Waals surface area contributed by atoms with Crippen LogP contribution in [0.3, 0.4) is 0 Å². The van der Waals surface area contributed by atoms with Gasteiger partial charge in [-0.3, -0.25) is 19.8 Å². The lowest BCUT2D eigenvalue weighted by molar-refractivity contribution is -0.433. The maximum atomic E-state index is 13.0. The third-order valence-corrected chi connectivity index (χ3v) is 3.62. The quantitative estimate of drug-likeness (QED) is 0.651. The second-order valence-corrected chi connectivity index (χ2v) is 4.77. The highest BCUT2D eigenvalue weighted by Crippen LogP contribution is 2.36. The minimum Gasteiger partial charge on any atom is -0.364 e. The number of nitrogens with zero attached hydrogens (tertiary/aromatic N) is 2. The number of carbonyl (C=O) groups is 1. The summed E-state index contributed by atoms with van der Waals surface area (Å²) in [7, 11) is 0. The largest absolute Gasteiger partial charge is 0.364 e. The Balaban J connectivity index is 2.09. The van der Waals surface area contributed by atoms with Crippen LogP contribution in [0.5, 0.6) is 0 Å². The van der Waals surface area contributed by atoms with Crippen molar-refractivity contribution in [2.24, 2.45) is 0 Å². The second-order valence-electron chi connectivity index (χ2n) is 4.77. The third kappa shape index (κ3) is 1.91. The average Bonchev–Trinajstić information content (AvgIpc) is 2.88. The fourth-order valence-corrected chi connectivity index (χ4v) is 2.70. The number of halogens is 1. The topological polar surface area (TPSA) is 75.5 Å². The van der Waals surface area contributed by atoms with Crippen molar-refractivity contribution in [2.75, 3.05) is 13.1 Å². The van der Waals surface area contributed by atoms with Crippen molar-refractivity contribution in [1.82, 2.24) is 10.2 Å². The molecule has 2 aliphatic rings. The van der Waals surface area contributed by atoms with E-state index in [-0.39, 0.29) is 23.8 Å². The standard InChI is InChI=1S/C13H12FN3O3/c14-9-3-1-8(2-4-9)10-7-11(18)16-6-5-15-13(16)12(10)17(19)20/h1-4,10,15H,5-7H2. The van der Waals surface area contributed by atoms with E-state index >= 15 is 0 Å². The van der Waals surface area contributed by atoms with Crippen molar-refractivity contribution in [3.63, 3.8) is 0 Å². The molecule has 0 saturated carbocycles. The molecule has 0 aromatic heterocycles. The van der Waals surface area contributed by atoms with Crippen molar-refractivity contribution in [1.29, 1.82) is 0 Å². The van der Waals surface area contributed by atoms with Crippen molar-refractivity contribution in [3.05, 3.63) is 57.3 Å². The molecule has 1 aromatic carbocycles. The number of nitro groups is 1.